The smallest absolute Gasteiger partial charge is 0.266 e. The van der Waals surface area contributed by atoms with E-state index in [1.807, 2.05) is 49.4 Å². The van der Waals surface area contributed by atoms with Crippen molar-refractivity contribution in [3.05, 3.63) is 75.7 Å². The van der Waals surface area contributed by atoms with Crippen molar-refractivity contribution in [3.8, 4) is 0 Å². The van der Waals surface area contributed by atoms with Gasteiger partial charge in [0.2, 0.25) is 0 Å². The van der Waals surface area contributed by atoms with Crippen LogP contribution in [0.2, 0.25) is 0 Å². The molecule has 1 aliphatic rings. The van der Waals surface area contributed by atoms with Gasteiger partial charge in [-0.2, -0.15) is 0 Å². The summed E-state index contributed by atoms with van der Waals surface area (Å²) in [5.74, 6) is -0.153. The van der Waals surface area contributed by atoms with Gasteiger partial charge in [-0.1, -0.05) is 72.8 Å². The highest BCUT2D eigenvalue weighted by atomic mass is 32.2. The zero-order valence-corrected chi connectivity index (χ0v) is 13.5. The standard InChI is InChI=1S/C19H17NOS/c1-3-14-6-8-15(9-7-14)12-17-18(21)20-19(22-17)16-10-4-13(2)5-11-16/h4-12H,3H2,1-2H3/b17-12-. The monoisotopic (exact) mass is 307 g/mol. The average molecular weight is 307 g/mol. The van der Waals surface area contributed by atoms with Crippen LogP contribution in [0.4, 0.5) is 0 Å². The second kappa shape index (κ2) is 6.32. The number of aliphatic imine (C=N–C) groups is 1. The highest BCUT2D eigenvalue weighted by Gasteiger charge is 2.22. The maximum absolute atomic E-state index is 12.1. The molecule has 0 bridgehead atoms. The van der Waals surface area contributed by atoms with Gasteiger partial charge in [0.05, 0.1) is 4.91 Å². The molecule has 110 valence electrons. The van der Waals surface area contributed by atoms with E-state index in [4.69, 9.17) is 0 Å². The SMILES string of the molecule is CCc1ccc(/C=C2\SC(c3ccc(C)cc3)=NC2=O)cc1. The molecule has 3 rings (SSSR count). The van der Waals surface area contributed by atoms with Gasteiger partial charge in [-0.05, 0) is 30.5 Å². The zero-order valence-electron chi connectivity index (χ0n) is 12.7. The Morgan fingerprint density at radius 2 is 1.73 bits per heavy atom. The molecule has 0 aliphatic carbocycles. The van der Waals surface area contributed by atoms with Gasteiger partial charge in [0, 0.05) is 5.56 Å². The van der Waals surface area contributed by atoms with Crippen molar-refractivity contribution in [2.45, 2.75) is 20.3 Å². The molecule has 0 aromatic heterocycles. The second-order valence-electron chi connectivity index (χ2n) is 5.29. The van der Waals surface area contributed by atoms with E-state index in [-0.39, 0.29) is 5.91 Å². The van der Waals surface area contributed by atoms with Crippen LogP contribution in [-0.2, 0) is 11.2 Å². The molecule has 1 amide bonds. The number of amides is 1. The molecule has 2 aromatic rings. The molecule has 0 N–H and O–H groups in total. The highest BCUT2D eigenvalue weighted by molar-refractivity contribution is 8.19. The predicted molar refractivity (Wildman–Crippen MR) is 94.1 cm³/mol. The Morgan fingerprint density at radius 1 is 1.05 bits per heavy atom. The quantitative estimate of drug-likeness (QED) is 0.774. The van der Waals surface area contributed by atoms with Crippen molar-refractivity contribution in [1.29, 1.82) is 0 Å². The lowest BCUT2D eigenvalue weighted by molar-refractivity contribution is -0.113. The number of hydrogen-bond acceptors (Lipinski definition) is 2. The van der Waals surface area contributed by atoms with Crippen LogP contribution in [0.5, 0.6) is 0 Å². The third-order valence-corrected chi connectivity index (χ3v) is 4.64. The number of benzene rings is 2. The van der Waals surface area contributed by atoms with Crippen LogP contribution in [0.1, 0.15) is 29.2 Å². The molecule has 22 heavy (non-hydrogen) atoms. The molecular weight excluding hydrogens is 290 g/mol. The van der Waals surface area contributed by atoms with E-state index in [2.05, 4.69) is 24.0 Å². The van der Waals surface area contributed by atoms with E-state index < -0.39 is 0 Å². The van der Waals surface area contributed by atoms with Crippen LogP contribution in [-0.4, -0.2) is 11.0 Å². The molecule has 0 fully saturated rings. The second-order valence-corrected chi connectivity index (χ2v) is 6.32. The van der Waals surface area contributed by atoms with Gasteiger partial charge < -0.3 is 0 Å². The molecule has 1 aliphatic heterocycles. The van der Waals surface area contributed by atoms with Crippen molar-refractivity contribution in [1.82, 2.24) is 0 Å². The number of carbonyl (C=O) groups is 1. The maximum atomic E-state index is 12.1. The lowest BCUT2D eigenvalue weighted by Crippen LogP contribution is -1.90. The third kappa shape index (κ3) is 3.20. The maximum Gasteiger partial charge on any atom is 0.284 e. The van der Waals surface area contributed by atoms with Crippen LogP contribution in [0.15, 0.2) is 58.4 Å². The van der Waals surface area contributed by atoms with E-state index in [9.17, 15) is 4.79 Å². The summed E-state index contributed by atoms with van der Waals surface area (Å²) in [4.78, 5) is 16.9. The van der Waals surface area contributed by atoms with Crippen LogP contribution in [0, 0.1) is 6.92 Å². The first-order valence-electron chi connectivity index (χ1n) is 7.34. The molecule has 2 nitrogen and oxygen atoms in total. The van der Waals surface area contributed by atoms with Crippen molar-refractivity contribution in [2.75, 3.05) is 0 Å². The molecule has 3 heteroatoms. The Balaban J connectivity index is 1.81. The largest absolute Gasteiger partial charge is 0.284 e. The summed E-state index contributed by atoms with van der Waals surface area (Å²) in [6.07, 6.45) is 2.93. The minimum atomic E-state index is -0.153. The molecule has 0 atom stereocenters. The Bertz CT molecular complexity index is 755. The Kier molecular flexibility index (Phi) is 4.25. The van der Waals surface area contributed by atoms with Gasteiger partial charge in [-0.3, -0.25) is 4.79 Å². The predicted octanol–water partition coefficient (Wildman–Crippen LogP) is 4.62. The Hall–Kier alpha value is -2.13. The van der Waals surface area contributed by atoms with Crippen molar-refractivity contribution >= 4 is 28.8 Å². The summed E-state index contributed by atoms with van der Waals surface area (Å²) in [6, 6.07) is 16.4. The van der Waals surface area contributed by atoms with E-state index >= 15 is 0 Å². The molecular formula is C19H17NOS. The first kappa shape index (κ1) is 14.8. The lowest BCUT2D eigenvalue weighted by atomic mass is 10.1. The fourth-order valence-corrected chi connectivity index (χ4v) is 3.15. The highest BCUT2D eigenvalue weighted by Crippen LogP contribution is 2.31. The fourth-order valence-electron chi connectivity index (χ4n) is 2.23. The fraction of sp³-hybridized carbons (Fsp3) is 0.158. The normalized spacial score (nSPS) is 16.2. The Labute approximate surface area is 135 Å². The van der Waals surface area contributed by atoms with Gasteiger partial charge in [0.25, 0.3) is 5.91 Å². The summed E-state index contributed by atoms with van der Waals surface area (Å²) in [5, 5.41) is 0.779. The van der Waals surface area contributed by atoms with Crippen molar-refractivity contribution in [3.63, 3.8) is 0 Å². The van der Waals surface area contributed by atoms with Crippen LogP contribution < -0.4 is 0 Å². The van der Waals surface area contributed by atoms with E-state index in [0.29, 0.717) is 4.91 Å². The lowest BCUT2D eigenvalue weighted by Gasteiger charge is -2.00. The number of nitrogens with zero attached hydrogens (tertiary/aromatic N) is 1. The molecule has 1 heterocycles. The van der Waals surface area contributed by atoms with Crippen LogP contribution in [0.25, 0.3) is 6.08 Å². The van der Waals surface area contributed by atoms with Crippen LogP contribution >= 0.6 is 11.8 Å². The first-order valence-corrected chi connectivity index (χ1v) is 8.16. The van der Waals surface area contributed by atoms with Crippen molar-refractivity contribution < 1.29 is 4.79 Å². The summed E-state index contributed by atoms with van der Waals surface area (Å²) in [6.45, 7) is 4.18. The molecule has 2 aromatic carbocycles. The first-order chi connectivity index (χ1) is 10.7. The van der Waals surface area contributed by atoms with Crippen LogP contribution in [0.3, 0.4) is 0 Å². The summed E-state index contributed by atoms with van der Waals surface area (Å²) >= 11 is 1.44. The summed E-state index contributed by atoms with van der Waals surface area (Å²) in [5.41, 5.74) is 4.52. The average Bonchev–Trinajstić information content (AvgIpc) is 2.90. The van der Waals surface area contributed by atoms with Gasteiger partial charge in [-0.15, -0.1) is 0 Å². The van der Waals surface area contributed by atoms with Gasteiger partial charge in [-0.25, -0.2) is 4.99 Å². The molecule has 0 saturated carbocycles. The summed E-state index contributed by atoms with van der Waals surface area (Å²) in [7, 11) is 0. The number of rotatable bonds is 3. The van der Waals surface area contributed by atoms with E-state index in [1.165, 1.54) is 22.9 Å². The van der Waals surface area contributed by atoms with E-state index in [1.54, 1.807) is 0 Å². The molecule has 0 unspecified atom stereocenters. The Morgan fingerprint density at radius 3 is 2.36 bits per heavy atom. The summed E-state index contributed by atoms with van der Waals surface area (Å²) < 4.78 is 0. The number of thioether (sulfide) groups is 1. The topological polar surface area (TPSA) is 29.4 Å². The van der Waals surface area contributed by atoms with Gasteiger partial charge >= 0.3 is 0 Å². The molecule has 0 radical (unpaired) electrons. The minimum Gasteiger partial charge on any atom is -0.266 e. The number of hydrogen-bond donors (Lipinski definition) is 0. The zero-order chi connectivity index (χ0) is 15.5. The third-order valence-electron chi connectivity index (χ3n) is 3.60. The van der Waals surface area contributed by atoms with Crippen molar-refractivity contribution in [2.24, 2.45) is 4.99 Å². The van der Waals surface area contributed by atoms with Gasteiger partial charge in [0.1, 0.15) is 5.04 Å². The molecule has 0 saturated heterocycles. The number of carbonyl (C=O) groups excluding carboxylic acids is 1. The minimum absolute atomic E-state index is 0.153. The van der Waals surface area contributed by atoms with E-state index in [0.717, 1.165) is 22.6 Å². The van der Waals surface area contributed by atoms with Gasteiger partial charge in [0.15, 0.2) is 0 Å². The molecule has 0 spiro atoms. The number of aryl methyl sites for hydroxylation is 2.